The van der Waals surface area contributed by atoms with Crippen molar-refractivity contribution in [3.63, 3.8) is 0 Å². The molecular weight excluding hydrogens is 287 g/mol. The van der Waals surface area contributed by atoms with Crippen LogP contribution in [-0.2, 0) is 12.7 Å². The smallest absolute Gasteiger partial charge is 0.326 e. The largest absolute Gasteiger partial charge is 0.416 e. The van der Waals surface area contributed by atoms with Crippen molar-refractivity contribution in [2.24, 2.45) is 5.73 Å². The van der Waals surface area contributed by atoms with Gasteiger partial charge in [0.1, 0.15) is 0 Å². The standard InChI is InChI=1S/C15H14F3N.ClH/c1-10-6-11(9-19)8-13(7-10)12-2-4-14(5-3-12)15(16,17)18;/h2-8H,9,19H2,1H3;1H. The maximum atomic E-state index is 12.5. The third-order valence-corrected chi connectivity index (χ3v) is 2.92. The minimum absolute atomic E-state index is 0. The minimum Gasteiger partial charge on any atom is -0.326 e. The summed E-state index contributed by atoms with van der Waals surface area (Å²) in [5.41, 5.74) is 8.61. The molecule has 2 N–H and O–H groups in total. The number of alkyl halides is 3. The van der Waals surface area contributed by atoms with Gasteiger partial charge in [0, 0.05) is 6.54 Å². The molecule has 0 saturated heterocycles. The maximum Gasteiger partial charge on any atom is 0.416 e. The van der Waals surface area contributed by atoms with E-state index in [1.807, 2.05) is 25.1 Å². The Bertz CT molecular complexity index is 577. The minimum atomic E-state index is -4.30. The van der Waals surface area contributed by atoms with Crippen LogP contribution in [0, 0.1) is 6.92 Å². The zero-order valence-corrected chi connectivity index (χ0v) is 11.7. The summed E-state index contributed by atoms with van der Waals surface area (Å²) in [7, 11) is 0. The third-order valence-electron chi connectivity index (χ3n) is 2.92. The SMILES string of the molecule is Cc1cc(CN)cc(-c2ccc(C(F)(F)F)cc2)c1.Cl. The molecule has 0 spiro atoms. The summed E-state index contributed by atoms with van der Waals surface area (Å²) < 4.78 is 37.5. The Morgan fingerprint density at radius 1 is 0.950 bits per heavy atom. The van der Waals surface area contributed by atoms with E-state index in [1.165, 1.54) is 12.1 Å². The van der Waals surface area contributed by atoms with Crippen LogP contribution in [0.2, 0.25) is 0 Å². The summed E-state index contributed by atoms with van der Waals surface area (Å²) in [4.78, 5) is 0. The van der Waals surface area contributed by atoms with E-state index in [2.05, 4.69) is 0 Å². The quantitative estimate of drug-likeness (QED) is 0.864. The lowest BCUT2D eigenvalue weighted by molar-refractivity contribution is -0.137. The molecule has 20 heavy (non-hydrogen) atoms. The molecule has 0 radical (unpaired) electrons. The van der Waals surface area contributed by atoms with E-state index >= 15 is 0 Å². The van der Waals surface area contributed by atoms with Gasteiger partial charge in [-0.25, -0.2) is 0 Å². The predicted molar refractivity (Wildman–Crippen MR) is 76.8 cm³/mol. The Kier molecular flexibility index (Phi) is 5.20. The molecule has 108 valence electrons. The second-order valence-electron chi connectivity index (χ2n) is 4.49. The maximum absolute atomic E-state index is 12.5. The molecule has 0 saturated carbocycles. The number of benzene rings is 2. The summed E-state index contributed by atoms with van der Waals surface area (Å²) in [6.45, 7) is 2.35. The topological polar surface area (TPSA) is 26.0 Å². The van der Waals surface area contributed by atoms with E-state index in [-0.39, 0.29) is 12.4 Å². The second-order valence-corrected chi connectivity index (χ2v) is 4.49. The van der Waals surface area contributed by atoms with E-state index < -0.39 is 11.7 Å². The summed E-state index contributed by atoms with van der Waals surface area (Å²) in [5, 5.41) is 0. The molecule has 2 aromatic rings. The van der Waals surface area contributed by atoms with Crippen molar-refractivity contribution in [2.75, 3.05) is 0 Å². The second kappa shape index (κ2) is 6.29. The number of hydrogen-bond donors (Lipinski definition) is 1. The molecule has 0 bridgehead atoms. The van der Waals surface area contributed by atoms with Crippen molar-refractivity contribution in [3.8, 4) is 11.1 Å². The van der Waals surface area contributed by atoms with Crippen molar-refractivity contribution in [3.05, 3.63) is 59.2 Å². The van der Waals surface area contributed by atoms with Crippen LogP contribution in [0.5, 0.6) is 0 Å². The summed E-state index contributed by atoms with van der Waals surface area (Å²) in [6.07, 6.45) is -4.30. The van der Waals surface area contributed by atoms with Gasteiger partial charge in [-0.2, -0.15) is 13.2 Å². The molecule has 0 unspecified atom stereocenters. The first-order chi connectivity index (χ1) is 8.90. The lowest BCUT2D eigenvalue weighted by Gasteiger charge is -2.09. The van der Waals surface area contributed by atoms with Crippen LogP contribution < -0.4 is 5.73 Å². The zero-order valence-electron chi connectivity index (χ0n) is 10.9. The van der Waals surface area contributed by atoms with Crippen molar-refractivity contribution < 1.29 is 13.2 Å². The van der Waals surface area contributed by atoms with Crippen LogP contribution >= 0.6 is 12.4 Å². The van der Waals surface area contributed by atoms with Gasteiger partial charge in [-0.15, -0.1) is 12.4 Å². The highest BCUT2D eigenvalue weighted by Crippen LogP contribution is 2.31. The third kappa shape index (κ3) is 3.74. The van der Waals surface area contributed by atoms with Crippen molar-refractivity contribution >= 4 is 12.4 Å². The van der Waals surface area contributed by atoms with Gasteiger partial charge < -0.3 is 5.73 Å². The molecule has 0 aliphatic heterocycles. The Morgan fingerprint density at radius 3 is 2.05 bits per heavy atom. The summed E-state index contributed by atoms with van der Waals surface area (Å²) in [6, 6.07) is 11.0. The molecule has 0 aromatic heterocycles. The van der Waals surface area contributed by atoms with E-state index in [4.69, 9.17) is 5.73 Å². The molecule has 0 atom stereocenters. The molecule has 5 heteroatoms. The molecule has 0 heterocycles. The summed E-state index contributed by atoms with van der Waals surface area (Å²) >= 11 is 0. The van der Waals surface area contributed by atoms with Gasteiger partial charge in [0.25, 0.3) is 0 Å². The normalized spacial score (nSPS) is 11.1. The molecule has 2 aromatic carbocycles. The van der Waals surface area contributed by atoms with Gasteiger partial charge in [0.05, 0.1) is 5.56 Å². The molecule has 0 fully saturated rings. The first kappa shape index (κ1) is 16.5. The molecule has 2 rings (SSSR count). The fourth-order valence-corrected chi connectivity index (χ4v) is 2.00. The first-order valence-corrected chi connectivity index (χ1v) is 5.88. The van der Waals surface area contributed by atoms with Crippen LogP contribution in [0.4, 0.5) is 13.2 Å². The molecule has 0 aliphatic rings. The van der Waals surface area contributed by atoms with Crippen molar-refractivity contribution in [1.29, 1.82) is 0 Å². The van der Waals surface area contributed by atoms with Crippen LogP contribution in [0.1, 0.15) is 16.7 Å². The fraction of sp³-hybridized carbons (Fsp3) is 0.200. The van der Waals surface area contributed by atoms with Crippen molar-refractivity contribution in [2.45, 2.75) is 19.6 Å². The highest BCUT2D eigenvalue weighted by atomic mass is 35.5. The number of nitrogens with two attached hydrogens (primary N) is 1. The van der Waals surface area contributed by atoms with E-state index in [0.717, 1.165) is 34.4 Å². The first-order valence-electron chi connectivity index (χ1n) is 5.88. The summed E-state index contributed by atoms with van der Waals surface area (Å²) in [5.74, 6) is 0. The van der Waals surface area contributed by atoms with Gasteiger partial charge in [0.2, 0.25) is 0 Å². The average molecular weight is 302 g/mol. The fourth-order valence-electron chi connectivity index (χ4n) is 2.00. The lowest BCUT2D eigenvalue weighted by atomic mass is 9.99. The van der Waals surface area contributed by atoms with Gasteiger partial charge in [-0.3, -0.25) is 0 Å². The Balaban J connectivity index is 0.00000200. The molecular formula is C15H15ClF3N. The molecule has 1 nitrogen and oxygen atoms in total. The van der Waals surface area contributed by atoms with Gasteiger partial charge in [0.15, 0.2) is 0 Å². The van der Waals surface area contributed by atoms with Crippen LogP contribution in [0.3, 0.4) is 0 Å². The van der Waals surface area contributed by atoms with Crippen LogP contribution in [0.15, 0.2) is 42.5 Å². The predicted octanol–water partition coefficient (Wildman–Crippen LogP) is 4.56. The van der Waals surface area contributed by atoms with E-state index in [9.17, 15) is 13.2 Å². The van der Waals surface area contributed by atoms with Crippen LogP contribution in [0.25, 0.3) is 11.1 Å². The zero-order chi connectivity index (χ0) is 14.0. The Hall–Kier alpha value is -1.52. The van der Waals surface area contributed by atoms with Crippen LogP contribution in [-0.4, -0.2) is 0 Å². The molecule has 0 amide bonds. The van der Waals surface area contributed by atoms with E-state index in [1.54, 1.807) is 0 Å². The lowest BCUT2D eigenvalue weighted by Crippen LogP contribution is -2.04. The number of hydrogen-bond acceptors (Lipinski definition) is 1. The number of aryl methyl sites for hydroxylation is 1. The van der Waals surface area contributed by atoms with E-state index in [0.29, 0.717) is 6.54 Å². The monoisotopic (exact) mass is 301 g/mol. The van der Waals surface area contributed by atoms with Gasteiger partial charge in [-0.05, 0) is 41.8 Å². The molecule has 0 aliphatic carbocycles. The highest BCUT2D eigenvalue weighted by molar-refractivity contribution is 5.85. The average Bonchev–Trinajstić information content (AvgIpc) is 2.37. The van der Waals surface area contributed by atoms with Crippen molar-refractivity contribution in [1.82, 2.24) is 0 Å². The van der Waals surface area contributed by atoms with Gasteiger partial charge in [-0.1, -0.05) is 29.8 Å². The van der Waals surface area contributed by atoms with Gasteiger partial charge >= 0.3 is 6.18 Å². The number of rotatable bonds is 2. The highest BCUT2D eigenvalue weighted by Gasteiger charge is 2.29. The number of halogens is 4. The Morgan fingerprint density at radius 2 is 1.55 bits per heavy atom. The Labute approximate surface area is 122 Å².